The predicted octanol–water partition coefficient (Wildman–Crippen LogP) is 5.18. The summed E-state index contributed by atoms with van der Waals surface area (Å²) >= 11 is 0. The van der Waals surface area contributed by atoms with Gasteiger partial charge in [0, 0.05) is 5.41 Å². The molecule has 5 aliphatic carbocycles. The zero-order chi connectivity index (χ0) is 25.8. The van der Waals surface area contributed by atoms with Crippen LogP contribution in [-0.4, -0.2) is 45.2 Å². The molecule has 0 aromatic rings. The number of aliphatic hydroxyl groups is 3. The lowest BCUT2D eigenvalue weighted by Crippen LogP contribution is -2.68. The summed E-state index contributed by atoms with van der Waals surface area (Å²) < 4.78 is 0. The van der Waals surface area contributed by atoms with Crippen LogP contribution in [0.2, 0.25) is 0 Å². The number of hydrogen-bond acceptors (Lipinski definition) is 4. The fourth-order valence-electron chi connectivity index (χ4n) is 10.8. The van der Waals surface area contributed by atoms with Crippen molar-refractivity contribution >= 4 is 5.97 Å². The molecule has 0 aliphatic heterocycles. The van der Waals surface area contributed by atoms with Gasteiger partial charge < -0.3 is 20.4 Å². The number of rotatable bonds is 2. The number of carbonyl (C=O) groups is 1. The van der Waals surface area contributed by atoms with Crippen molar-refractivity contribution in [1.82, 2.24) is 0 Å². The van der Waals surface area contributed by atoms with E-state index in [4.69, 9.17) is 0 Å². The highest BCUT2D eigenvalue weighted by molar-refractivity contribution is 5.76. The number of allylic oxidation sites excluding steroid dienone is 2. The average Bonchev–Trinajstić information content (AvgIpc) is 2.77. The molecule has 5 heteroatoms. The molecule has 35 heavy (non-hydrogen) atoms. The third kappa shape index (κ3) is 3.07. The second kappa shape index (κ2) is 7.57. The van der Waals surface area contributed by atoms with Crippen molar-refractivity contribution < 1.29 is 25.2 Å². The first kappa shape index (κ1) is 25.7. The third-order valence-electron chi connectivity index (χ3n) is 13.2. The van der Waals surface area contributed by atoms with Gasteiger partial charge in [0.05, 0.1) is 24.2 Å². The summed E-state index contributed by atoms with van der Waals surface area (Å²) in [4.78, 5) is 12.8. The van der Waals surface area contributed by atoms with Gasteiger partial charge in [-0.1, -0.05) is 53.2 Å². The molecule has 5 rings (SSSR count). The van der Waals surface area contributed by atoms with Crippen LogP contribution < -0.4 is 0 Å². The van der Waals surface area contributed by atoms with E-state index in [-0.39, 0.29) is 40.1 Å². The fourth-order valence-corrected chi connectivity index (χ4v) is 10.8. The number of aliphatic hydroxyl groups excluding tert-OH is 3. The fraction of sp³-hybridized carbons (Fsp3) is 0.900. The Morgan fingerprint density at radius 1 is 0.943 bits per heavy atom. The first-order valence-electron chi connectivity index (χ1n) is 14.0. The highest BCUT2D eigenvalue weighted by Crippen LogP contribution is 2.75. The second-order valence-corrected chi connectivity index (χ2v) is 15.1. The van der Waals surface area contributed by atoms with Gasteiger partial charge in [0.1, 0.15) is 0 Å². The number of carboxylic acid groups (broad SMARTS) is 1. The van der Waals surface area contributed by atoms with E-state index in [0.29, 0.717) is 12.3 Å². The lowest BCUT2D eigenvalue weighted by molar-refractivity contribution is -0.243. The molecule has 0 amide bonds. The van der Waals surface area contributed by atoms with E-state index in [1.54, 1.807) is 0 Å². The average molecular weight is 489 g/mol. The van der Waals surface area contributed by atoms with Gasteiger partial charge in [-0.25, -0.2) is 0 Å². The van der Waals surface area contributed by atoms with Crippen LogP contribution in [-0.2, 0) is 4.79 Å². The molecule has 0 spiro atoms. The molecule has 4 N–H and O–H groups in total. The summed E-state index contributed by atoms with van der Waals surface area (Å²) in [6.07, 6.45) is 8.40. The minimum Gasteiger partial charge on any atom is -0.481 e. The van der Waals surface area contributed by atoms with Crippen molar-refractivity contribution in [1.29, 1.82) is 0 Å². The van der Waals surface area contributed by atoms with Crippen LogP contribution in [0.5, 0.6) is 0 Å². The van der Waals surface area contributed by atoms with Gasteiger partial charge in [-0.2, -0.15) is 0 Å². The van der Waals surface area contributed by atoms with Gasteiger partial charge in [-0.05, 0) is 97.2 Å². The van der Waals surface area contributed by atoms with Crippen LogP contribution in [0.25, 0.3) is 0 Å². The van der Waals surface area contributed by atoms with Gasteiger partial charge in [0.25, 0.3) is 0 Å². The minimum absolute atomic E-state index is 0.00698. The molecule has 0 heterocycles. The standard InChI is InChI=1S/C30H48O5/c1-25(2)11-13-30(24(34)35)14-12-28(5)18(19(30)15-25)7-8-22-26(3)16-20(32)23(33)27(4,17-31)21(26)9-10-29(22,28)6/h7,19-23,31-33H,8-17H2,1-6H3,(H,34,35)/t19-,20+,21-,22+,23-,26-,27-,28+,29+,30-/m0/s1. The molecular formula is C30H48O5. The Morgan fingerprint density at radius 3 is 2.23 bits per heavy atom. The zero-order valence-corrected chi connectivity index (χ0v) is 22.7. The maximum atomic E-state index is 12.8. The quantitative estimate of drug-likeness (QED) is 0.402. The highest BCUT2D eigenvalue weighted by Gasteiger charge is 2.70. The highest BCUT2D eigenvalue weighted by atomic mass is 16.4. The van der Waals surface area contributed by atoms with Crippen LogP contribution in [0.15, 0.2) is 11.6 Å². The summed E-state index contributed by atoms with van der Waals surface area (Å²) in [6.45, 7) is 13.6. The van der Waals surface area contributed by atoms with Crippen molar-refractivity contribution in [2.75, 3.05) is 6.61 Å². The van der Waals surface area contributed by atoms with Crippen molar-refractivity contribution in [2.24, 2.45) is 50.2 Å². The van der Waals surface area contributed by atoms with Crippen LogP contribution in [0.1, 0.15) is 99.3 Å². The van der Waals surface area contributed by atoms with Crippen LogP contribution in [0.4, 0.5) is 0 Å². The lowest BCUT2D eigenvalue weighted by Gasteiger charge is -2.71. The number of aliphatic carboxylic acids is 1. The summed E-state index contributed by atoms with van der Waals surface area (Å²) in [5, 5.41) is 42.8. The smallest absolute Gasteiger partial charge is 0.310 e. The summed E-state index contributed by atoms with van der Waals surface area (Å²) in [6, 6.07) is 0. The Hall–Kier alpha value is -0.910. The molecule has 0 bridgehead atoms. The Labute approximate surface area is 211 Å². The molecule has 5 aliphatic rings. The summed E-state index contributed by atoms with van der Waals surface area (Å²) in [5.74, 6) is -0.0472. The molecule has 0 aromatic heterocycles. The van der Waals surface area contributed by atoms with Crippen molar-refractivity contribution in [3.05, 3.63) is 11.6 Å². The third-order valence-corrected chi connectivity index (χ3v) is 13.2. The number of hydrogen-bond donors (Lipinski definition) is 4. The maximum Gasteiger partial charge on any atom is 0.310 e. The first-order valence-corrected chi connectivity index (χ1v) is 14.0. The van der Waals surface area contributed by atoms with E-state index >= 15 is 0 Å². The van der Waals surface area contributed by atoms with Gasteiger partial charge in [-0.3, -0.25) is 4.79 Å². The molecule has 0 unspecified atom stereocenters. The van der Waals surface area contributed by atoms with Crippen LogP contribution >= 0.6 is 0 Å². The Balaban J connectivity index is 1.61. The summed E-state index contributed by atoms with van der Waals surface area (Å²) in [7, 11) is 0. The molecule has 5 nitrogen and oxygen atoms in total. The largest absolute Gasteiger partial charge is 0.481 e. The molecule has 4 saturated carbocycles. The normalized spacial score (nSPS) is 55.0. The lowest BCUT2D eigenvalue weighted by atomic mass is 9.33. The Kier molecular flexibility index (Phi) is 5.56. The minimum atomic E-state index is -0.907. The molecule has 0 saturated heterocycles. The van der Waals surface area contributed by atoms with E-state index in [2.05, 4.69) is 40.7 Å². The zero-order valence-electron chi connectivity index (χ0n) is 22.7. The predicted molar refractivity (Wildman–Crippen MR) is 135 cm³/mol. The SMILES string of the molecule is CC1(C)CC[C@]2(C(=O)O)CC[C@]3(C)C(=CC[C@@H]4[C@@]5(C)C[C@@H](O)[C@H](O)[C@@](C)(CO)[C@H]5CC[C@]43C)[C@@H]2C1. The van der Waals surface area contributed by atoms with Crippen LogP contribution in [0.3, 0.4) is 0 Å². The molecule has 0 radical (unpaired) electrons. The molecule has 0 aromatic carbocycles. The number of carboxylic acids is 1. The van der Waals surface area contributed by atoms with E-state index in [1.807, 2.05) is 6.92 Å². The van der Waals surface area contributed by atoms with Gasteiger partial charge in [0.15, 0.2) is 0 Å². The van der Waals surface area contributed by atoms with Crippen LogP contribution in [0, 0.1) is 50.2 Å². The Morgan fingerprint density at radius 2 is 1.60 bits per heavy atom. The second-order valence-electron chi connectivity index (χ2n) is 15.1. The van der Waals surface area contributed by atoms with Crippen molar-refractivity contribution in [3.8, 4) is 0 Å². The van der Waals surface area contributed by atoms with E-state index in [9.17, 15) is 25.2 Å². The van der Waals surface area contributed by atoms with Crippen molar-refractivity contribution in [3.63, 3.8) is 0 Å². The van der Waals surface area contributed by atoms with E-state index in [0.717, 1.165) is 51.4 Å². The molecular weight excluding hydrogens is 440 g/mol. The van der Waals surface area contributed by atoms with E-state index in [1.165, 1.54) is 5.57 Å². The topological polar surface area (TPSA) is 98.0 Å². The Bertz CT molecular complexity index is 941. The monoisotopic (exact) mass is 488 g/mol. The maximum absolute atomic E-state index is 12.8. The van der Waals surface area contributed by atoms with Gasteiger partial charge in [-0.15, -0.1) is 0 Å². The summed E-state index contributed by atoms with van der Waals surface area (Å²) in [5.41, 5.74) is -0.0632. The molecule has 198 valence electrons. The number of fused-ring (bicyclic) bond motifs is 7. The molecule has 10 atom stereocenters. The van der Waals surface area contributed by atoms with Gasteiger partial charge >= 0.3 is 5.97 Å². The van der Waals surface area contributed by atoms with Crippen molar-refractivity contribution in [2.45, 2.75) is 112 Å². The van der Waals surface area contributed by atoms with Gasteiger partial charge in [0.2, 0.25) is 0 Å². The first-order chi connectivity index (χ1) is 16.1. The van der Waals surface area contributed by atoms with E-state index < -0.39 is 29.0 Å². The molecule has 4 fully saturated rings.